The molecule has 0 rings (SSSR count). The quantitative estimate of drug-likeness (QED) is 0.615. The van der Waals surface area contributed by atoms with E-state index < -0.39 is 8.03 Å². The minimum atomic E-state index is -2.14. The summed E-state index contributed by atoms with van der Waals surface area (Å²) in [6, 6.07) is 0. The topological polar surface area (TPSA) is 55.8 Å². The van der Waals surface area contributed by atoms with Gasteiger partial charge in [-0.1, -0.05) is 0 Å². The summed E-state index contributed by atoms with van der Waals surface area (Å²) >= 11 is 0. The molecule has 0 aliphatic heterocycles. The predicted molar refractivity (Wildman–Crippen MR) is 42.0 cm³/mol. The van der Waals surface area contributed by atoms with Gasteiger partial charge in [0.2, 0.25) is 5.66 Å². The number of ether oxygens (including phenoxy) is 2. The van der Waals surface area contributed by atoms with Crippen LogP contribution in [0.15, 0.2) is 0 Å². The smallest absolute Gasteiger partial charge is 0.385 e. The van der Waals surface area contributed by atoms with Crippen LogP contribution in [0.4, 0.5) is 0 Å². The largest absolute Gasteiger partial charge is 0.511 e. The molecule has 66 valence electrons. The van der Waals surface area contributed by atoms with Crippen molar-refractivity contribution in [2.24, 2.45) is 0 Å². The summed E-state index contributed by atoms with van der Waals surface area (Å²) in [5.41, 5.74) is -0.296. The summed E-state index contributed by atoms with van der Waals surface area (Å²) in [7, 11) is 0.940. The Bertz CT molecular complexity index is 117. The maximum absolute atomic E-state index is 10.6. The lowest BCUT2D eigenvalue weighted by molar-refractivity contribution is 0.159. The highest BCUT2D eigenvalue weighted by atomic mass is 31.1. The van der Waals surface area contributed by atoms with Crippen molar-refractivity contribution < 1.29 is 18.9 Å². The highest BCUT2D eigenvalue weighted by Gasteiger charge is 2.28. The highest BCUT2D eigenvalue weighted by molar-refractivity contribution is 7.38. The Morgan fingerprint density at radius 3 is 2.45 bits per heavy atom. The van der Waals surface area contributed by atoms with Crippen molar-refractivity contribution in [3.63, 3.8) is 0 Å². The Balaban J connectivity index is 3.60. The van der Waals surface area contributed by atoms with Crippen molar-refractivity contribution in [3.8, 4) is 0 Å². The molecule has 4 nitrogen and oxygen atoms in total. The van der Waals surface area contributed by atoms with E-state index >= 15 is 0 Å². The zero-order chi connectivity index (χ0) is 8.69. The van der Waals surface area contributed by atoms with E-state index in [1.165, 1.54) is 7.11 Å². The van der Waals surface area contributed by atoms with E-state index in [0.717, 1.165) is 0 Å². The molecule has 0 aromatic rings. The Labute approximate surface area is 67.4 Å². The molecular formula is C6H14O4P+. The third-order valence-corrected chi connectivity index (χ3v) is 2.36. The summed E-state index contributed by atoms with van der Waals surface area (Å²) in [6.07, 6.45) is 0.566. The summed E-state index contributed by atoms with van der Waals surface area (Å²) in [5, 5.41) is 0. The second kappa shape index (κ2) is 6.68. The van der Waals surface area contributed by atoms with Crippen LogP contribution < -0.4 is 0 Å². The van der Waals surface area contributed by atoms with Crippen LogP contribution in [-0.2, 0) is 14.0 Å². The molecule has 0 saturated carbocycles. The zero-order valence-electron chi connectivity index (χ0n) is 6.82. The molecule has 0 amide bonds. The molecule has 11 heavy (non-hydrogen) atoms. The first-order valence-electron chi connectivity index (χ1n) is 3.35. The van der Waals surface area contributed by atoms with Gasteiger partial charge in [-0.05, 0) is 4.57 Å². The summed E-state index contributed by atoms with van der Waals surface area (Å²) < 4.78 is 20.1. The molecule has 0 aliphatic carbocycles. The zero-order valence-corrected chi connectivity index (χ0v) is 7.71. The van der Waals surface area contributed by atoms with Crippen molar-refractivity contribution >= 4 is 8.03 Å². The molecule has 0 aliphatic rings. The fourth-order valence-corrected chi connectivity index (χ4v) is 1.31. The minimum absolute atomic E-state index is 0.296. The van der Waals surface area contributed by atoms with Gasteiger partial charge in [0.15, 0.2) is 0 Å². The van der Waals surface area contributed by atoms with Crippen LogP contribution in [0.1, 0.15) is 6.42 Å². The van der Waals surface area contributed by atoms with Gasteiger partial charge >= 0.3 is 8.03 Å². The first-order chi connectivity index (χ1) is 5.22. The van der Waals surface area contributed by atoms with Crippen LogP contribution in [0, 0.1) is 0 Å². The van der Waals surface area contributed by atoms with E-state index in [1.807, 2.05) is 0 Å². The molecule has 0 aromatic carbocycles. The van der Waals surface area contributed by atoms with Gasteiger partial charge in [0, 0.05) is 20.6 Å². The molecule has 0 bridgehead atoms. The van der Waals surface area contributed by atoms with Gasteiger partial charge < -0.3 is 9.47 Å². The van der Waals surface area contributed by atoms with Gasteiger partial charge in [0.25, 0.3) is 0 Å². The second-order valence-electron chi connectivity index (χ2n) is 2.19. The van der Waals surface area contributed by atoms with Gasteiger partial charge in [-0.15, -0.1) is 0 Å². The lowest BCUT2D eigenvalue weighted by atomic mass is 10.3. The number of hydrogen-bond acceptors (Lipinski definition) is 3. The molecule has 0 fully saturated rings. The monoisotopic (exact) mass is 181 g/mol. The average Bonchev–Trinajstić information content (AvgIpc) is 1.97. The van der Waals surface area contributed by atoms with Crippen molar-refractivity contribution in [2.75, 3.05) is 27.4 Å². The first kappa shape index (κ1) is 11.0. The molecule has 0 radical (unpaired) electrons. The molecule has 0 spiro atoms. The van der Waals surface area contributed by atoms with Crippen LogP contribution in [0.3, 0.4) is 0 Å². The fraction of sp³-hybridized carbons (Fsp3) is 1.00. The number of hydrogen-bond donors (Lipinski definition) is 1. The van der Waals surface area contributed by atoms with E-state index in [1.54, 1.807) is 7.11 Å². The maximum atomic E-state index is 10.6. The van der Waals surface area contributed by atoms with Crippen LogP contribution in [0.5, 0.6) is 0 Å². The van der Waals surface area contributed by atoms with Crippen molar-refractivity contribution in [3.05, 3.63) is 0 Å². The van der Waals surface area contributed by atoms with Crippen LogP contribution in [0.25, 0.3) is 0 Å². The Morgan fingerprint density at radius 1 is 1.45 bits per heavy atom. The van der Waals surface area contributed by atoms with Crippen LogP contribution in [0.2, 0.25) is 0 Å². The lowest BCUT2D eigenvalue weighted by Crippen LogP contribution is -2.12. The van der Waals surface area contributed by atoms with Gasteiger partial charge in [0.1, 0.15) is 0 Å². The van der Waals surface area contributed by atoms with Crippen molar-refractivity contribution in [2.45, 2.75) is 12.1 Å². The first-order valence-corrected chi connectivity index (χ1v) is 4.63. The van der Waals surface area contributed by atoms with E-state index in [2.05, 4.69) is 0 Å². The Morgan fingerprint density at radius 2 is 2.09 bits per heavy atom. The normalized spacial score (nSPS) is 14.6. The maximum Gasteiger partial charge on any atom is 0.511 e. The number of methoxy groups -OCH3 is 2. The second-order valence-corrected chi connectivity index (χ2v) is 3.53. The molecular weight excluding hydrogens is 167 g/mol. The van der Waals surface area contributed by atoms with E-state index in [-0.39, 0.29) is 5.66 Å². The van der Waals surface area contributed by atoms with Crippen molar-refractivity contribution in [1.29, 1.82) is 0 Å². The minimum Gasteiger partial charge on any atom is -0.385 e. The fourth-order valence-electron chi connectivity index (χ4n) is 0.704. The molecule has 0 saturated heterocycles. The van der Waals surface area contributed by atoms with E-state index in [0.29, 0.717) is 19.6 Å². The third kappa shape index (κ3) is 5.27. The highest BCUT2D eigenvalue weighted by Crippen LogP contribution is 2.25. The van der Waals surface area contributed by atoms with Gasteiger partial charge in [-0.25, -0.2) is 0 Å². The van der Waals surface area contributed by atoms with Gasteiger partial charge in [0.05, 0.1) is 13.2 Å². The van der Waals surface area contributed by atoms with E-state index in [4.69, 9.17) is 14.4 Å². The molecule has 2 atom stereocenters. The standard InChI is InChI=1S/C6H13O4P/c1-9-4-3-6(5-10-2)11(7)8/h6H,3-5H2,1-2H3/p+1. The third-order valence-electron chi connectivity index (χ3n) is 1.33. The van der Waals surface area contributed by atoms with Gasteiger partial charge in [-0.3, -0.25) is 0 Å². The molecule has 5 heteroatoms. The Kier molecular flexibility index (Phi) is 6.66. The lowest BCUT2D eigenvalue weighted by Gasteiger charge is -2.01. The van der Waals surface area contributed by atoms with E-state index in [9.17, 15) is 4.57 Å². The molecule has 1 N–H and O–H groups in total. The average molecular weight is 181 g/mol. The predicted octanol–water partition coefficient (Wildman–Crippen LogP) is 0.773. The molecule has 0 heterocycles. The molecule has 2 unspecified atom stereocenters. The SMILES string of the molecule is COCCC(COC)[P+](=O)O. The number of rotatable bonds is 6. The Hall–Kier alpha value is -0.0200. The van der Waals surface area contributed by atoms with Gasteiger partial charge in [-0.2, -0.15) is 4.89 Å². The summed E-state index contributed by atoms with van der Waals surface area (Å²) in [4.78, 5) is 8.74. The van der Waals surface area contributed by atoms with Crippen molar-refractivity contribution in [1.82, 2.24) is 0 Å². The van der Waals surface area contributed by atoms with Crippen LogP contribution in [-0.4, -0.2) is 38.0 Å². The van der Waals surface area contributed by atoms with Crippen LogP contribution >= 0.6 is 8.03 Å². The summed E-state index contributed by atoms with van der Waals surface area (Å²) in [5.74, 6) is 0. The molecule has 0 aromatic heterocycles. The summed E-state index contributed by atoms with van der Waals surface area (Å²) in [6.45, 7) is 0.810.